The second-order valence-corrected chi connectivity index (χ2v) is 5.22. The highest BCUT2D eigenvalue weighted by Crippen LogP contribution is 2.38. The fraction of sp³-hybridized carbons (Fsp3) is 0.545. The Labute approximate surface area is 93.2 Å². The van der Waals surface area contributed by atoms with Crippen LogP contribution in [-0.2, 0) is 17.6 Å². The molecule has 0 unspecified atom stereocenters. The molecule has 0 aliphatic heterocycles. The van der Waals surface area contributed by atoms with Crippen LogP contribution >= 0.6 is 11.3 Å². The summed E-state index contributed by atoms with van der Waals surface area (Å²) >= 11 is 1.54. The summed E-state index contributed by atoms with van der Waals surface area (Å²) < 4.78 is 4.76. The summed E-state index contributed by atoms with van der Waals surface area (Å²) in [7, 11) is 1.40. The van der Waals surface area contributed by atoms with Crippen LogP contribution in [0.2, 0.25) is 0 Å². The van der Waals surface area contributed by atoms with Gasteiger partial charge < -0.3 is 10.5 Å². The molecule has 1 atom stereocenters. The van der Waals surface area contributed by atoms with E-state index in [9.17, 15) is 4.79 Å². The van der Waals surface area contributed by atoms with E-state index < -0.39 is 0 Å². The molecule has 1 aromatic rings. The first-order valence-electron chi connectivity index (χ1n) is 5.11. The van der Waals surface area contributed by atoms with Gasteiger partial charge in [-0.25, -0.2) is 4.79 Å². The van der Waals surface area contributed by atoms with Gasteiger partial charge in [-0.05, 0) is 30.7 Å². The molecule has 0 spiro atoms. The van der Waals surface area contributed by atoms with Gasteiger partial charge in [0.2, 0.25) is 0 Å². The van der Waals surface area contributed by atoms with Crippen LogP contribution in [0, 0.1) is 5.92 Å². The van der Waals surface area contributed by atoms with Gasteiger partial charge >= 0.3 is 5.97 Å². The van der Waals surface area contributed by atoms with Crippen molar-refractivity contribution >= 4 is 22.3 Å². The minimum atomic E-state index is -0.292. The standard InChI is InChI=1S/C11H15NO2S/c1-6-3-4-7-8(5-6)15-10(12)9(7)11(13)14-2/h6H,3-5,12H2,1-2H3/t6-/m1/s1. The van der Waals surface area contributed by atoms with E-state index in [0.717, 1.165) is 24.8 Å². The van der Waals surface area contributed by atoms with Gasteiger partial charge in [0, 0.05) is 4.88 Å². The summed E-state index contributed by atoms with van der Waals surface area (Å²) in [6, 6.07) is 0. The largest absolute Gasteiger partial charge is 0.465 e. The quantitative estimate of drug-likeness (QED) is 0.746. The lowest BCUT2D eigenvalue weighted by molar-refractivity contribution is 0.0601. The average Bonchev–Trinajstić information content (AvgIpc) is 2.52. The fourth-order valence-electron chi connectivity index (χ4n) is 2.10. The number of carbonyl (C=O) groups excluding carboxylic acids is 1. The lowest BCUT2D eigenvalue weighted by atomic mass is 9.88. The van der Waals surface area contributed by atoms with Crippen LogP contribution in [-0.4, -0.2) is 13.1 Å². The number of nitrogen functional groups attached to an aromatic ring is 1. The maximum Gasteiger partial charge on any atom is 0.341 e. The lowest BCUT2D eigenvalue weighted by Gasteiger charge is -2.18. The zero-order valence-electron chi connectivity index (χ0n) is 9.00. The Hall–Kier alpha value is -1.03. The first kappa shape index (κ1) is 10.5. The second kappa shape index (κ2) is 3.85. The Bertz CT molecular complexity index is 398. The van der Waals surface area contributed by atoms with Crippen LogP contribution in [0.3, 0.4) is 0 Å². The van der Waals surface area contributed by atoms with E-state index >= 15 is 0 Å². The molecule has 1 heterocycles. The van der Waals surface area contributed by atoms with Gasteiger partial charge in [-0.2, -0.15) is 0 Å². The molecule has 0 aromatic carbocycles. The van der Waals surface area contributed by atoms with Crippen LogP contribution in [0.5, 0.6) is 0 Å². The number of carbonyl (C=O) groups is 1. The molecule has 0 fully saturated rings. The molecule has 0 bridgehead atoms. The molecule has 4 heteroatoms. The third-order valence-electron chi connectivity index (χ3n) is 2.93. The van der Waals surface area contributed by atoms with Gasteiger partial charge in [-0.3, -0.25) is 0 Å². The number of anilines is 1. The van der Waals surface area contributed by atoms with E-state index in [4.69, 9.17) is 10.5 Å². The highest BCUT2D eigenvalue weighted by Gasteiger charge is 2.26. The number of hydrogen-bond acceptors (Lipinski definition) is 4. The monoisotopic (exact) mass is 225 g/mol. The van der Waals surface area contributed by atoms with Gasteiger partial charge in [-0.15, -0.1) is 11.3 Å². The molecule has 3 nitrogen and oxygen atoms in total. The van der Waals surface area contributed by atoms with Gasteiger partial charge in [0.1, 0.15) is 5.00 Å². The number of fused-ring (bicyclic) bond motifs is 1. The molecular formula is C11H15NO2S. The summed E-state index contributed by atoms with van der Waals surface area (Å²) in [6.45, 7) is 2.23. The number of ether oxygens (including phenoxy) is 1. The summed E-state index contributed by atoms with van der Waals surface area (Å²) in [5, 5.41) is 0.612. The Morgan fingerprint density at radius 2 is 2.33 bits per heavy atom. The molecule has 0 radical (unpaired) electrons. The normalized spacial score (nSPS) is 19.7. The van der Waals surface area contributed by atoms with Crippen molar-refractivity contribution in [2.24, 2.45) is 5.92 Å². The van der Waals surface area contributed by atoms with Crippen LogP contribution in [0.4, 0.5) is 5.00 Å². The number of methoxy groups -OCH3 is 1. The van der Waals surface area contributed by atoms with Crippen molar-refractivity contribution < 1.29 is 9.53 Å². The summed E-state index contributed by atoms with van der Waals surface area (Å²) in [4.78, 5) is 12.8. The van der Waals surface area contributed by atoms with E-state index in [-0.39, 0.29) is 5.97 Å². The van der Waals surface area contributed by atoms with E-state index in [1.54, 1.807) is 11.3 Å². The van der Waals surface area contributed by atoms with Crippen LogP contribution < -0.4 is 5.73 Å². The Kier molecular flexibility index (Phi) is 2.69. The van der Waals surface area contributed by atoms with Crippen molar-refractivity contribution in [1.82, 2.24) is 0 Å². The van der Waals surface area contributed by atoms with Gasteiger partial charge in [0.25, 0.3) is 0 Å². The van der Waals surface area contributed by atoms with E-state index in [0.29, 0.717) is 16.5 Å². The van der Waals surface area contributed by atoms with Crippen LogP contribution in [0.15, 0.2) is 0 Å². The summed E-state index contributed by atoms with van der Waals surface area (Å²) in [5.74, 6) is 0.403. The zero-order valence-corrected chi connectivity index (χ0v) is 9.82. The molecule has 1 aliphatic rings. The predicted molar refractivity (Wildman–Crippen MR) is 61.3 cm³/mol. The number of esters is 1. The van der Waals surface area contributed by atoms with Crippen molar-refractivity contribution in [3.05, 3.63) is 16.0 Å². The molecule has 82 valence electrons. The Morgan fingerprint density at radius 1 is 1.60 bits per heavy atom. The van der Waals surface area contributed by atoms with Crippen molar-refractivity contribution in [1.29, 1.82) is 0 Å². The molecule has 2 N–H and O–H groups in total. The highest BCUT2D eigenvalue weighted by molar-refractivity contribution is 7.16. The minimum absolute atomic E-state index is 0.292. The van der Waals surface area contributed by atoms with Crippen LogP contribution in [0.25, 0.3) is 0 Å². The molecular weight excluding hydrogens is 210 g/mol. The van der Waals surface area contributed by atoms with Crippen molar-refractivity contribution in [2.45, 2.75) is 26.2 Å². The third kappa shape index (κ3) is 1.74. The van der Waals surface area contributed by atoms with Crippen molar-refractivity contribution in [3.8, 4) is 0 Å². The summed E-state index contributed by atoms with van der Waals surface area (Å²) in [6.07, 6.45) is 3.13. The minimum Gasteiger partial charge on any atom is -0.465 e. The number of nitrogens with two attached hydrogens (primary N) is 1. The Balaban J connectivity index is 2.44. The first-order chi connectivity index (χ1) is 7.13. The maximum absolute atomic E-state index is 11.6. The van der Waals surface area contributed by atoms with Gasteiger partial charge in [-0.1, -0.05) is 6.92 Å². The molecule has 0 amide bonds. The topological polar surface area (TPSA) is 52.3 Å². The number of thiophene rings is 1. The third-order valence-corrected chi connectivity index (χ3v) is 4.01. The van der Waals surface area contributed by atoms with Crippen molar-refractivity contribution in [3.63, 3.8) is 0 Å². The molecule has 2 rings (SSSR count). The molecule has 1 aromatic heterocycles. The second-order valence-electron chi connectivity index (χ2n) is 4.08. The molecule has 0 saturated heterocycles. The molecule has 1 aliphatic carbocycles. The zero-order chi connectivity index (χ0) is 11.0. The van der Waals surface area contributed by atoms with Gasteiger partial charge in [0.05, 0.1) is 12.7 Å². The Morgan fingerprint density at radius 3 is 3.00 bits per heavy atom. The average molecular weight is 225 g/mol. The van der Waals surface area contributed by atoms with Crippen LogP contribution in [0.1, 0.15) is 34.1 Å². The number of hydrogen-bond donors (Lipinski definition) is 1. The van der Waals surface area contributed by atoms with Crippen molar-refractivity contribution in [2.75, 3.05) is 12.8 Å². The van der Waals surface area contributed by atoms with E-state index in [2.05, 4.69) is 6.92 Å². The fourth-order valence-corrected chi connectivity index (χ4v) is 3.37. The highest BCUT2D eigenvalue weighted by atomic mass is 32.1. The summed E-state index contributed by atoms with van der Waals surface area (Å²) in [5.41, 5.74) is 7.60. The first-order valence-corrected chi connectivity index (χ1v) is 5.93. The SMILES string of the molecule is COC(=O)c1c(N)sc2c1CC[C@@H](C)C2. The molecule has 0 saturated carbocycles. The number of rotatable bonds is 1. The predicted octanol–water partition coefficient (Wildman–Crippen LogP) is 2.24. The van der Waals surface area contributed by atoms with Gasteiger partial charge in [0.15, 0.2) is 0 Å². The van der Waals surface area contributed by atoms with E-state index in [1.807, 2.05) is 0 Å². The molecule has 15 heavy (non-hydrogen) atoms. The van der Waals surface area contributed by atoms with E-state index in [1.165, 1.54) is 12.0 Å². The smallest absolute Gasteiger partial charge is 0.341 e. The maximum atomic E-state index is 11.6. The lowest BCUT2D eigenvalue weighted by Crippen LogP contribution is -2.13.